The van der Waals surface area contributed by atoms with E-state index in [0.717, 1.165) is 21.8 Å². The number of thioether (sulfide) groups is 1. The van der Waals surface area contributed by atoms with Gasteiger partial charge in [0.1, 0.15) is 4.88 Å². The van der Waals surface area contributed by atoms with Crippen LogP contribution in [0.1, 0.15) is 45.9 Å². The van der Waals surface area contributed by atoms with Crippen molar-refractivity contribution in [3.05, 3.63) is 16.0 Å². The third-order valence-corrected chi connectivity index (χ3v) is 5.44. The average Bonchev–Trinajstić information content (AvgIpc) is 2.65. The molecule has 0 aliphatic heterocycles. The lowest BCUT2D eigenvalue weighted by molar-refractivity contribution is 0.0604. The number of hydrogen-bond donors (Lipinski definition) is 0. The second-order valence-electron chi connectivity index (χ2n) is 5.21. The van der Waals surface area contributed by atoms with Crippen LogP contribution in [0.25, 0.3) is 0 Å². The Hall–Kier alpha value is -0.810. The lowest BCUT2D eigenvalue weighted by atomic mass is 9.74. The van der Waals surface area contributed by atoms with Crippen molar-refractivity contribution in [2.75, 3.05) is 13.4 Å². The Kier molecular flexibility index (Phi) is 3.56. The maximum absolute atomic E-state index is 12.2. The van der Waals surface area contributed by atoms with E-state index >= 15 is 0 Å². The molecule has 1 aliphatic rings. The molecule has 5 heteroatoms. The van der Waals surface area contributed by atoms with Crippen molar-refractivity contribution in [3.63, 3.8) is 0 Å². The molecule has 1 aliphatic carbocycles. The molecule has 0 N–H and O–H groups in total. The van der Waals surface area contributed by atoms with Gasteiger partial charge in [0.15, 0.2) is 5.78 Å². The van der Waals surface area contributed by atoms with Gasteiger partial charge in [-0.1, -0.05) is 13.8 Å². The molecule has 3 nitrogen and oxygen atoms in total. The summed E-state index contributed by atoms with van der Waals surface area (Å²) < 4.78 is 5.75. The molecule has 0 atom stereocenters. The molecule has 0 amide bonds. The molecular weight excluding hydrogens is 268 g/mol. The van der Waals surface area contributed by atoms with Crippen molar-refractivity contribution in [2.45, 2.75) is 30.9 Å². The van der Waals surface area contributed by atoms with Gasteiger partial charge in [-0.3, -0.25) is 4.79 Å². The number of rotatable bonds is 2. The van der Waals surface area contributed by atoms with Crippen LogP contribution in [-0.2, 0) is 11.2 Å². The number of ether oxygens (including phenoxy) is 1. The molecule has 0 saturated carbocycles. The molecule has 1 heterocycles. The fraction of sp³-hybridized carbons (Fsp3) is 0.538. The SMILES string of the molecule is COC(=O)c1sc(SC)c2c1CC(C)(C)CC2=O. The van der Waals surface area contributed by atoms with E-state index in [4.69, 9.17) is 4.74 Å². The highest BCUT2D eigenvalue weighted by atomic mass is 32.2. The van der Waals surface area contributed by atoms with Crippen molar-refractivity contribution >= 4 is 34.9 Å². The summed E-state index contributed by atoms with van der Waals surface area (Å²) in [5.74, 6) is -0.181. The van der Waals surface area contributed by atoms with Crippen molar-refractivity contribution in [2.24, 2.45) is 5.41 Å². The van der Waals surface area contributed by atoms with E-state index < -0.39 is 0 Å². The Labute approximate surface area is 115 Å². The number of thiophene rings is 1. The van der Waals surface area contributed by atoms with Gasteiger partial charge >= 0.3 is 5.97 Å². The summed E-state index contributed by atoms with van der Waals surface area (Å²) in [6.07, 6.45) is 3.24. The van der Waals surface area contributed by atoms with Gasteiger partial charge in [-0.05, 0) is 23.7 Å². The summed E-state index contributed by atoms with van der Waals surface area (Å²) >= 11 is 2.91. The number of hydrogen-bond acceptors (Lipinski definition) is 5. The van der Waals surface area contributed by atoms with Crippen LogP contribution in [0.4, 0.5) is 0 Å². The van der Waals surface area contributed by atoms with E-state index in [0.29, 0.717) is 11.3 Å². The van der Waals surface area contributed by atoms with Crippen LogP contribution in [-0.4, -0.2) is 25.1 Å². The second kappa shape index (κ2) is 4.70. The molecule has 0 spiro atoms. The van der Waals surface area contributed by atoms with Gasteiger partial charge in [-0.25, -0.2) is 4.79 Å². The first kappa shape index (κ1) is 13.6. The Bertz CT molecular complexity index is 515. The number of esters is 1. The Morgan fingerprint density at radius 3 is 2.61 bits per heavy atom. The van der Waals surface area contributed by atoms with Gasteiger partial charge in [-0.15, -0.1) is 23.1 Å². The predicted octanol–water partition coefficient (Wildman–Crippen LogP) is 3.41. The van der Waals surface area contributed by atoms with Gasteiger partial charge < -0.3 is 4.74 Å². The number of methoxy groups -OCH3 is 1. The van der Waals surface area contributed by atoms with Crippen molar-refractivity contribution in [1.82, 2.24) is 0 Å². The van der Waals surface area contributed by atoms with Gasteiger partial charge in [0, 0.05) is 12.0 Å². The summed E-state index contributed by atoms with van der Waals surface area (Å²) in [5.41, 5.74) is 1.56. The molecule has 0 bridgehead atoms. The zero-order valence-electron chi connectivity index (χ0n) is 11.0. The van der Waals surface area contributed by atoms with Crippen molar-refractivity contribution in [1.29, 1.82) is 0 Å². The van der Waals surface area contributed by atoms with Gasteiger partial charge in [0.05, 0.1) is 11.3 Å². The Balaban J connectivity index is 2.60. The molecule has 98 valence electrons. The number of carbonyl (C=O) groups is 2. The van der Waals surface area contributed by atoms with Crippen LogP contribution < -0.4 is 0 Å². The first-order valence-corrected chi connectivity index (χ1v) is 7.75. The standard InChI is InChI=1S/C13H16O3S2/c1-13(2)5-7-9(8(14)6-13)12(17-4)18-10(7)11(15)16-3/h5-6H2,1-4H3. The molecule has 2 rings (SSSR count). The highest BCUT2D eigenvalue weighted by Crippen LogP contribution is 2.44. The number of fused-ring (bicyclic) bond motifs is 1. The van der Waals surface area contributed by atoms with Crippen LogP contribution in [0.3, 0.4) is 0 Å². The van der Waals surface area contributed by atoms with Crippen molar-refractivity contribution < 1.29 is 14.3 Å². The first-order chi connectivity index (χ1) is 8.39. The minimum atomic E-state index is -0.331. The van der Waals surface area contributed by atoms with E-state index in [9.17, 15) is 9.59 Å². The molecule has 0 aromatic carbocycles. The number of carbonyl (C=O) groups excluding carboxylic acids is 2. The minimum Gasteiger partial charge on any atom is -0.465 e. The Morgan fingerprint density at radius 1 is 1.39 bits per heavy atom. The highest BCUT2D eigenvalue weighted by molar-refractivity contribution is 8.00. The molecule has 0 fully saturated rings. The van der Waals surface area contributed by atoms with Gasteiger partial charge in [-0.2, -0.15) is 0 Å². The normalized spacial score (nSPS) is 17.4. The quantitative estimate of drug-likeness (QED) is 0.616. The van der Waals surface area contributed by atoms with E-state index in [1.54, 1.807) is 0 Å². The van der Waals surface area contributed by atoms with Gasteiger partial charge in [0.2, 0.25) is 0 Å². The maximum Gasteiger partial charge on any atom is 0.348 e. The molecule has 1 aromatic heterocycles. The zero-order chi connectivity index (χ0) is 13.5. The van der Waals surface area contributed by atoms with Crippen LogP contribution in [0.2, 0.25) is 0 Å². The lowest BCUT2D eigenvalue weighted by Crippen LogP contribution is -2.27. The van der Waals surface area contributed by atoms with Crippen molar-refractivity contribution in [3.8, 4) is 0 Å². The second-order valence-corrected chi connectivity index (χ2v) is 7.30. The molecule has 0 unspecified atom stereocenters. The zero-order valence-corrected chi connectivity index (χ0v) is 12.6. The maximum atomic E-state index is 12.2. The summed E-state index contributed by atoms with van der Waals surface area (Å²) in [4.78, 5) is 24.6. The van der Waals surface area contributed by atoms with Gasteiger partial charge in [0.25, 0.3) is 0 Å². The summed E-state index contributed by atoms with van der Waals surface area (Å²) in [5, 5.41) is 0. The first-order valence-electron chi connectivity index (χ1n) is 5.71. The number of Topliss-reactive ketones (excluding diaryl/α,β-unsaturated/α-hetero) is 1. The third-order valence-electron chi connectivity index (χ3n) is 3.10. The summed E-state index contributed by atoms with van der Waals surface area (Å²) in [6, 6.07) is 0. The van der Waals surface area contributed by atoms with Crippen LogP contribution in [0.5, 0.6) is 0 Å². The Morgan fingerprint density at radius 2 is 2.06 bits per heavy atom. The average molecular weight is 284 g/mol. The van der Waals surface area contributed by atoms with E-state index in [1.807, 2.05) is 6.26 Å². The van der Waals surface area contributed by atoms with E-state index in [1.165, 1.54) is 30.2 Å². The fourth-order valence-electron chi connectivity index (χ4n) is 2.36. The molecule has 18 heavy (non-hydrogen) atoms. The largest absolute Gasteiger partial charge is 0.465 e. The number of ketones is 1. The molecule has 0 saturated heterocycles. The van der Waals surface area contributed by atoms with Crippen LogP contribution in [0.15, 0.2) is 4.21 Å². The third kappa shape index (κ3) is 2.21. The highest BCUT2D eigenvalue weighted by Gasteiger charge is 2.37. The predicted molar refractivity (Wildman–Crippen MR) is 73.9 cm³/mol. The van der Waals surface area contributed by atoms with E-state index in [2.05, 4.69) is 13.8 Å². The monoisotopic (exact) mass is 284 g/mol. The van der Waals surface area contributed by atoms with Crippen LogP contribution in [0, 0.1) is 5.41 Å². The smallest absolute Gasteiger partial charge is 0.348 e. The summed E-state index contributed by atoms with van der Waals surface area (Å²) in [7, 11) is 1.38. The lowest BCUT2D eigenvalue weighted by Gasteiger charge is -2.29. The van der Waals surface area contributed by atoms with Crippen LogP contribution >= 0.6 is 23.1 Å². The molecule has 0 radical (unpaired) electrons. The topological polar surface area (TPSA) is 43.4 Å². The van der Waals surface area contributed by atoms with E-state index in [-0.39, 0.29) is 17.2 Å². The summed E-state index contributed by atoms with van der Waals surface area (Å²) in [6.45, 7) is 4.12. The molecule has 1 aromatic rings. The fourth-order valence-corrected chi connectivity index (χ4v) is 4.37. The minimum absolute atomic E-state index is 0.0798. The molecular formula is C13H16O3S2.